The van der Waals surface area contributed by atoms with Crippen molar-refractivity contribution in [3.63, 3.8) is 0 Å². The largest absolute Gasteiger partial charge is 0.302 e. The number of hydrogen-bond acceptors (Lipinski definition) is 3. The van der Waals surface area contributed by atoms with Crippen LogP contribution in [0.1, 0.15) is 25.1 Å². The van der Waals surface area contributed by atoms with Crippen molar-refractivity contribution in [3.8, 4) is 10.6 Å². The van der Waals surface area contributed by atoms with E-state index in [1.54, 1.807) is 6.07 Å². The Hall–Kier alpha value is -0.970. The number of thiazole rings is 1. The van der Waals surface area contributed by atoms with Gasteiger partial charge in [-0.1, -0.05) is 26.0 Å². The molecule has 1 aromatic carbocycles. The zero-order valence-corrected chi connectivity index (χ0v) is 14.1. The summed E-state index contributed by atoms with van der Waals surface area (Å²) in [5, 5.41) is 2.72. The summed E-state index contributed by atoms with van der Waals surface area (Å²) < 4.78 is 14.2. The van der Waals surface area contributed by atoms with Crippen LogP contribution in [0.25, 0.3) is 10.6 Å². The molecule has 0 radical (unpaired) electrons. The molecule has 5 heteroatoms. The van der Waals surface area contributed by atoms with E-state index in [4.69, 9.17) is 11.6 Å². The van der Waals surface area contributed by atoms with Gasteiger partial charge in [0.15, 0.2) is 0 Å². The van der Waals surface area contributed by atoms with Crippen molar-refractivity contribution in [1.29, 1.82) is 0 Å². The maximum Gasteiger partial charge on any atom is 0.128 e. The van der Waals surface area contributed by atoms with Crippen LogP contribution in [0.15, 0.2) is 23.6 Å². The van der Waals surface area contributed by atoms with Gasteiger partial charge in [0, 0.05) is 29.6 Å². The van der Waals surface area contributed by atoms with E-state index in [1.165, 1.54) is 11.3 Å². The van der Waals surface area contributed by atoms with Crippen molar-refractivity contribution in [2.45, 2.75) is 26.3 Å². The molecule has 0 aliphatic rings. The van der Waals surface area contributed by atoms with Crippen LogP contribution in [-0.2, 0) is 12.4 Å². The second-order valence-electron chi connectivity index (χ2n) is 5.67. The molecule has 2 nitrogen and oxygen atoms in total. The molecule has 21 heavy (non-hydrogen) atoms. The summed E-state index contributed by atoms with van der Waals surface area (Å²) in [6.45, 7) is 5.89. The lowest BCUT2D eigenvalue weighted by Gasteiger charge is -2.19. The second kappa shape index (κ2) is 7.34. The number of hydrogen-bond donors (Lipinski definition) is 0. The van der Waals surface area contributed by atoms with Crippen LogP contribution < -0.4 is 0 Å². The predicted molar refractivity (Wildman–Crippen MR) is 88.2 cm³/mol. The molecule has 114 valence electrons. The Bertz CT molecular complexity index is 598. The van der Waals surface area contributed by atoms with Crippen LogP contribution in [0, 0.1) is 11.7 Å². The predicted octanol–water partition coefficient (Wildman–Crippen LogP) is 4.78. The number of alkyl halides is 1. The van der Waals surface area contributed by atoms with Gasteiger partial charge in [0.25, 0.3) is 0 Å². The van der Waals surface area contributed by atoms with Crippen molar-refractivity contribution in [2.75, 3.05) is 13.6 Å². The highest BCUT2D eigenvalue weighted by Crippen LogP contribution is 2.26. The third kappa shape index (κ3) is 4.50. The summed E-state index contributed by atoms with van der Waals surface area (Å²) in [6.07, 6.45) is 0. The molecular formula is C16H20ClFN2S. The average molecular weight is 327 g/mol. The Balaban J connectivity index is 2.13. The van der Waals surface area contributed by atoms with Crippen molar-refractivity contribution < 1.29 is 4.39 Å². The van der Waals surface area contributed by atoms with Crippen molar-refractivity contribution >= 4 is 22.9 Å². The minimum atomic E-state index is -0.175. The third-order valence-corrected chi connectivity index (χ3v) is 4.32. The fourth-order valence-corrected chi connectivity index (χ4v) is 3.33. The summed E-state index contributed by atoms with van der Waals surface area (Å²) in [6, 6.07) is 5.34. The molecule has 0 saturated carbocycles. The van der Waals surface area contributed by atoms with Crippen LogP contribution in [-0.4, -0.2) is 23.5 Å². The van der Waals surface area contributed by atoms with E-state index in [2.05, 4.69) is 23.7 Å². The normalized spacial score (nSPS) is 11.6. The molecule has 0 atom stereocenters. The van der Waals surface area contributed by atoms with E-state index in [0.29, 0.717) is 18.3 Å². The number of halogens is 2. The number of benzene rings is 1. The van der Waals surface area contributed by atoms with E-state index < -0.39 is 0 Å². The summed E-state index contributed by atoms with van der Waals surface area (Å²) in [7, 11) is 2.01. The SMILES string of the molecule is CC(C)CN(C)Cc1ccc(-c2nc(CCl)cs2)cc1F. The van der Waals surface area contributed by atoms with Gasteiger partial charge in [-0.25, -0.2) is 9.37 Å². The van der Waals surface area contributed by atoms with Crippen molar-refractivity contribution in [1.82, 2.24) is 9.88 Å². The molecule has 0 aliphatic carbocycles. The van der Waals surface area contributed by atoms with Gasteiger partial charge in [0.05, 0.1) is 11.6 Å². The fourth-order valence-electron chi connectivity index (χ4n) is 2.29. The molecule has 0 aliphatic heterocycles. The third-order valence-electron chi connectivity index (χ3n) is 3.11. The monoisotopic (exact) mass is 326 g/mol. The van der Waals surface area contributed by atoms with Crippen LogP contribution in [0.2, 0.25) is 0 Å². The molecule has 0 unspecified atom stereocenters. The van der Waals surface area contributed by atoms with Gasteiger partial charge in [-0.05, 0) is 19.0 Å². The minimum absolute atomic E-state index is 0.175. The maximum atomic E-state index is 14.2. The molecule has 0 fully saturated rings. The van der Waals surface area contributed by atoms with Gasteiger partial charge < -0.3 is 4.90 Å². The van der Waals surface area contributed by atoms with Crippen LogP contribution in [0.3, 0.4) is 0 Å². The first-order chi connectivity index (χ1) is 9.99. The molecule has 0 amide bonds. The Labute approximate surface area is 134 Å². The van der Waals surface area contributed by atoms with Gasteiger partial charge in [0.1, 0.15) is 10.8 Å². The minimum Gasteiger partial charge on any atom is -0.302 e. The highest BCUT2D eigenvalue weighted by molar-refractivity contribution is 7.13. The number of rotatable bonds is 6. The van der Waals surface area contributed by atoms with Gasteiger partial charge in [-0.3, -0.25) is 0 Å². The first-order valence-corrected chi connectivity index (χ1v) is 8.38. The second-order valence-corrected chi connectivity index (χ2v) is 6.80. The van der Waals surface area contributed by atoms with E-state index in [1.807, 2.05) is 24.6 Å². The molecule has 1 heterocycles. The highest BCUT2D eigenvalue weighted by Gasteiger charge is 2.10. The zero-order valence-electron chi connectivity index (χ0n) is 12.6. The molecule has 2 aromatic rings. The topological polar surface area (TPSA) is 16.1 Å². The first-order valence-electron chi connectivity index (χ1n) is 6.97. The molecule has 0 N–H and O–H groups in total. The molecular weight excluding hydrogens is 307 g/mol. The van der Waals surface area contributed by atoms with Gasteiger partial charge in [-0.2, -0.15) is 0 Å². The van der Waals surface area contributed by atoms with Crippen LogP contribution in [0.5, 0.6) is 0 Å². The molecule has 0 spiro atoms. The van der Waals surface area contributed by atoms with E-state index in [-0.39, 0.29) is 5.82 Å². The zero-order chi connectivity index (χ0) is 15.4. The van der Waals surface area contributed by atoms with Crippen LogP contribution >= 0.6 is 22.9 Å². The number of nitrogens with zero attached hydrogens (tertiary/aromatic N) is 2. The van der Waals surface area contributed by atoms with Crippen molar-refractivity contribution in [2.24, 2.45) is 5.92 Å². The average Bonchev–Trinajstić information content (AvgIpc) is 2.89. The molecule has 1 aromatic heterocycles. The standard InChI is InChI=1S/C16H20ClFN2S/c1-11(2)8-20(3)9-13-5-4-12(6-15(13)18)16-19-14(7-17)10-21-16/h4-6,10-11H,7-9H2,1-3H3. The molecule has 0 saturated heterocycles. The van der Waals surface area contributed by atoms with Gasteiger partial charge in [0.2, 0.25) is 0 Å². The smallest absolute Gasteiger partial charge is 0.128 e. The summed E-state index contributed by atoms with van der Waals surface area (Å²) in [5.41, 5.74) is 2.36. The quantitative estimate of drug-likeness (QED) is 0.710. The van der Waals surface area contributed by atoms with Gasteiger partial charge >= 0.3 is 0 Å². The lowest BCUT2D eigenvalue weighted by molar-refractivity contribution is 0.284. The molecule has 2 rings (SSSR count). The van der Waals surface area contributed by atoms with E-state index >= 15 is 0 Å². The summed E-state index contributed by atoms with van der Waals surface area (Å²) >= 11 is 7.24. The highest BCUT2D eigenvalue weighted by atomic mass is 35.5. The first kappa shape index (κ1) is 16.4. The molecule has 0 bridgehead atoms. The lowest BCUT2D eigenvalue weighted by Crippen LogP contribution is -2.23. The fraction of sp³-hybridized carbons (Fsp3) is 0.438. The summed E-state index contributed by atoms with van der Waals surface area (Å²) in [5.74, 6) is 0.782. The Morgan fingerprint density at radius 2 is 2.14 bits per heavy atom. The number of aromatic nitrogens is 1. The van der Waals surface area contributed by atoms with E-state index in [0.717, 1.165) is 28.4 Å². The van der Waals surface area contributed by atoms with Crippen molar-refractivity contribution in [3.05, 3.63) is 40.7 Å². The maximum absolute atomic E-state index is 14.2. The Morgan fingerprint density at radius 1 is 1.38 bits per heavy atom. The van der Waals surface area contributed by atoms with E-state index in [9.17, 15) is 4.39 Å². The Kier molecular flexibility index (Phi) is 5.73. The summed E-state index contributed by atoms with van der Waals surface area (Å²) in [4.78, 5) is 6.52. The lowest BCUT2D eigenvalue weighted by atomic mass is 10.1. The van der Waals surface area contributed by atoms with Gasteiger partial charge in [-0.15, -0.1) is 22.9 Å². The Morgan fingerprint density at radius 3 is 2.71 bits per heavy atom. The van der Waals surface area contributed by atoms with Crippen LogP contribution in [0.4, 0.5) is 4.39 Å².